The number of alkyl halides is 3. The van der Waals surface area contributed by atoms with Gasteiger partial charge in [0, 0.05) is 38.3 Å². The first kappa shape index (κ1) is 20.1. The quantitative estimate of drug-likeness (QED) is 0.491. The van der Waals surface area contributed by atoms with Gasteiger partial charge in [-0.15, -0.1) is 13.2 Å². The van der Waals surface area contributed by atoms with Crippen LogP contribution in [0, 0.1) is 0 Å². The molecule has 0 amide bonds. The largest absolute Gasteiger partial charge is 0.573 e. The smallest absolute Gasteiger partial charge is 0.467 e. The molecule has 28 heavy (non-hydrogen) atoms. The molecular weight excluding hydrogens is 381 g/mol. The average molecular weight is 400 g/mol. The Kier molecular flexibility index (Phi) is 6.47. The molecule has 1 saturated heterocycles. The second-order valence-corrected chi connectivity index (χ2v) is 6.18. The third-order valence-electron chi connectivity index (χ3n) is 4.21. The molecule has 0 unspecified atom stereocenters. The third kappa shape index (κ3) is 5.92. The molecule has 1 aliphatic rings. The zero-order valence-electron chi connectivity index (χ0n) is 14.9. The molecule has 2 aromatic rings. The van der Waals surface area contributed by atoms with Gasteiger partial charge in [-0.25, -0.2) is 0 Å². The Labute approximate surface area is 158 Å². The van der Waals surface area contributed by atoms with Gasteiger partial charge < -0.3 is 14.0 Å². The van der Waals surface area contributed by atoms with Gasteiger partial charge in [0.1, 0.15) is 12.4 Å². The highest BCUT2D eigenvalue weighted by atomic mass is 19.4. The maximum absolute atomic E-state index is 12.3. The summed E-state index contributed by atoms with van der Waals surface area (Å²) in [5.74, 6) is 0.238. The molecule has 8 nitrogen and oxygen atoms in total. The first-order chi connectivity index (χ1) is 13.4. The lowest BCUT2D eigenvalue weighted by Gasteiger charge is -2.33. The van der Waals surface area contributed by atoms with Crippen LogP contribution in [0.25, 0.3) is 11.5 Å². The summed E-state index contributed by atoms with van der Waals surface area (Å²) in [6.07, 6.45) is -4.76. The van der Waals surface area contributed by atoms with E-state index in [1.165, 1.54) is 18.2 Å². The average Bonchev–Trinajstić information content (AvgIpc) is 3.11. The van der Waals surface area contributed by atoms with Crippen molar-refractivity contribution in [2.45, 2.75) is 12.9 Å². The number of nitrogens with zero attached hydrogens (tertiary/aromatic N) is 4. The van der Waals surface area contributed by atoms with Crippen LogP contribution in [0.4, 0.5) is 13.2 Å². The predicted octanol–water partition coefficient (Wildman–Crippen LogP) is 1.93. The Morgan fingerprint density at radius 1 is 1.18 bits per heavy atom. The van der Waals surface area contributed by atoms with E-state index in [9.17, 15) is 18.0 Å². The molecule has 152 valence electrons. The number of ether oxygens (including phenoxy) is 2. The summed E-state index contributed by atoms with van der Waals surface area (Å²) in [4.78, 5) is 18.8. The normalized spacial score (nSPS) is 16.1. The zero-order chi connectivity index (χ0) is 20.0. The minimum atomic E-state index is -4.76. The Morgan fingerprint density at radius 2 is 1.93 bits per heavy atom. The fourth-order valence-corrected chi connectivity index (χ4v) is 2.86. The molecule has 1 fully saturated rings. The molecule has 2 heterocycles. The summed E-state index contributed by atoms with van der Waals surface area (Å²) < 4.78 is 50.8. The Bertz CT molecular complexity index is 776. The van der Waals surface area contributed by atoms with Crippen molar-refractivity contribution in [3.05, 3.63) is 30.1 Å². The van der Waals surface area contributed by atoms with E-state index in [-0.39, 0.29) is 11.6 Å². The van der Waals surface area contributed by atoms with Crippen LogP contribution in [-0.2, 0) is 16.1 Å². The van der Waals surface area contributed by atoms with Crippen LogP contribution >= 0.6 is 0 Å². The van der Waals surface area contributed by atoms with Gasteiger partial charge >= 0.3 is 6.36 Å². The standard InChI is InChI=1S/C17H19F3N4O4/c18-17(19,20)27-14-3-1-2-13(10-14)16-21-15(22-28-16)11-24-6-4-23(5-7-24)8-9-26-12-25/h1-3,10,12H,4-9,11H2. The van der Waals surface area contributed by atoms with E-state index in [0.29, 0.717) is 37.6 Å². The lowest BCUT2D eigenvalue weighted by Crippen LogP contribution is -2.46. The van der Waals surface area contributed by atoms with Crippen molar-refractivity contribution in [3.8, 4) is 17.2 Å². The van der Waals surface area contributed by atoms with E-state index < -0.39 is 6.36 Å². The second kappa shape index (κ2) is 9.02. The highest BCUT2D eigenvalue weighted by molar-refractivity contribution is 5.55. The molecule has 0 bridgehead atoms. The maximum atomic E-state index is 12.3. The summed E-state index contributed by atoms with van der Waals surface area (Å²) in [6.45, 7) is 5.20. The first-order valence-electron chi connectivity index (χ1n) is 8.62. The Balaban J connectivity index is 1.54. The van der Waals surface area contributed by atoms with Crippen molar-refractivity contribution in [2.24, 2.45) is 0 Å². The Morgan fingerprint density at radius 3 is 2.64 bits per heavy atom. The van der Waals surface area contributed by atoms with E-state index in [0.717, 1.165) is 26.2 Å². The highest BCUT2D eigenvalue weighted by Gasteiger charge is 2.31. The molecule has 1 aromatic carbocycles. The molecular formula is C17H19F3N4O4. The van der Waals surface area contributed by atoms with Gasteiger partial charge in [-0.05, 0) is 18.2 Å². The van der Waals surface area contributed by atoms with Crippen LogP contribution in [0.3, 0.4) is 0 Å². The predicted molar refractivity (Wildman–Crippen MR) is 90.2 cm³/mol. The van der Waals surface area contributed by atoms with Crippen LogP contribution in [0.15, 0.2) is 28.8 Å². The summed E-state index contributed by atoms with van der Waals surface area (Å²) in [6, 6.07) is 5.40. The molecule has 1 aliphatic heterocycles. The number of halogens is 3. The fourth-order valence-electron chi connectivity index (χ4n) is 2.86. The SMILES string of the molecule is O=COCCN1CCN(Cc2noc(-c3cccc(OC(F)(F)F)c3)n2)CC1. The van der Waals surface area contributed by atoms with Crippen LogP contribution in [0.5, 0.6) is 5.75 Å². The fraction of sp³-hybridized carbons (Fsp3) is 0.471. The first-order valence-corrected chi connectivity index (χ1v) is 8.62. The zero-order valence-corrected chi connectivity index (χ0v) is 14.9. The van der Waals surface area contributed by atoms with Crippen molar-refractivity contribution in [1.29, 1.82) is 0 Å². The minimum Gasteiger partial charge on any atom is -0.467 e. The molecule has 0 atom stereocenters. The molecule has 11 heteroatoms. The summed E-state index contributed by atoms with van der Waals surface area (Å²) >= 11 is 0. The highest BCUT2D eigenvalue weighted by Crippen LogP contribution is 2.27. The van der Waals surface area contributed by atoms with Gasteiger partial charge in [-0.1, -0.05) is 11.2 Å². The number of piperazine rings is 1. The van der Waals surface area contributed by atoms with Gasteiger partial charge in [0.25, 0.3) is 12.4 Å². The van der Waals surface area contributed by atoms with Crippen molar-refractivity contribution in [3.63, 3.8) is 0 Å². The van der Waals surface area contributed by atoms with E-state index in [1.54, 1.807) is 6.07 Å². The van der Waals surface area contributed by atoms with Crippen LogP contribution < -0.4 is 4.74 Å². The van der Waals surface area contributed by atoms with Gasteiger partial charge in [0.05, 0.1) is 6.54 Å². The van der Waals surface area contributed by atoms with Gasteiger partial charge in [-0.2, -0.15) is 4.98 Å². The lowest BCUT2D eigenvalue weighted by atomic mass is 10.2. The topological polar surface area (TPSA) is 80.9 Å². The number of carbonyl (C=O) groups is 1. The van der Waals surface area contributed by atoms with Crippen LogP contribution in [0.1, 0.15) is 5.82 Å². The van der Waals surface area contributed by atoms with Gasteiger partial charge in [-0.3, -0.25) is 14.6 Å². The molecule has 0 N–H and O–H groups in total. The number of aromatic nitrogens is 2. The van der Waals surface area contributed by atoms with E-state index in [4.69, 9.17) is 9.26 Å². The molecule has 0 aliphatic carbocycles. The van der Waals surface area contributed by atoms with Crippen LogP contribution in [-0.4, -0.2) is 72.1 Å². The summed E-state index contributed by atoms with van der Waals surface area (Å²) in [5, 5.41) is 3.91. The number of hydrogen-bond acceptors (Lipinski definition) is 8. The molecule has 0 spiro atoms. The summed E-state index contributed by atoms with van der Waals surface area (Å²) in [7, 11) is 0. The van der Waals surface area contributed by atoms with E-state index in [2.05, 4.69) is 24.7 Å². The van der Waals surface area contributed by atoms with E-state index >= 15 is 0 Å². The minimum absolute atomic E-state index is 0.132. The Hall–Kier alpha value is -2.66. The summed E-state index contributed by atoms with van der Waals surface area (Å²) in [5.41, 5.74) is 0.348. The van der Waals surface area contributed by atoms with Gasteiger partial charge in [0.15, 0.2) is 5.82 Å². The number of carbonyl (C=O) groups excluding carboxylic acids is 1. The molecule has 1 aromatic heterocycles. The number of rotatable bonds is 8. The number of hydrogen-bond donors (Lipinski definition) is 0. The molecule has 0 radical (unpaired) electrons. The van der Waals surface area contributed by atoms with Gasteiger partial charge in [0.2, 0.25) is 0 Å². The molecule has 0 saturated carbocycles. The maximum Gasteiger partial charge on any atom is 0.573 e. The van der Waals surface area contributed by atoms with Crippen molar-refractivity contribution < 1.29 is 32.0 Å². The monoisotopic (exact) mass is 400 g/mol. The second-order valence-electron chi connectivity index (χ2n) is 6.18. The number of benzene rings is 1. The van der Waals surface area contributed by atoms with Crippen LogP contribution in [0.2, 0.25) is 0 Å². The van der Waals surface area contributed by atoms with E-state index in [1.807, 2.05) is 0 Å². The van der Waals surface area contributed by atoms with Crippen molar-refractivity contribution in [2.75, 3.05) is 39.3 Å². The third-order valence-corrected chi connectivity index (χ3v) is 4.21. The van der Waals surface area contributed by atoms with Crippen molar-refractivity contribution in [1.82, 2.24) is 19.9 Å². The molecule has 3 rings (SSSR count). The van der Waals surface area contributed by atoms with Crippen molar-refractivity contribution >= 4 is 6.47 Å². The lowest BCUT2D eigenvalue weighted by molar-refractivity contribution is -0.274.